The molecule has 1 N–H and O–H groups in total. The van der Waals surface area contributed by atoms with Crippen molar-refractivity contribution in [3.63, 3.8) is 0 Å². The SMILES string of the molecule is COCCOc1ccccc1C1(O)CCCSC1C. The van der Waals surface area contributed by atoms with Crippen LogP contribution < -0.4 is 4.74 Å². The molecule has 106 valence electrons. The van der Waals surface area contributed by atoms with Crippen molar-refractivity contribution < 1.29 is 14.6 Å². The molecule has 0 spiro atoms. The van der Waals surface area contributed by atoms with E-state index in [0.717, 1.165) is 29.9 Å². The molecule has 1 fully saturated rings. The molecule has 1 saturated heterocycles. The molecule has 0 aromatic heterocycles. The van der Waals surface area contributed by atoms with E-state index in [2.05, 4.69) is 6.92 Å². The highest BCUT2D eigenvalue weighted by Crippen LogP contribution is 2.44. The molecule has 0 radical (unpaired) electrons. The maximum absolute atomic E-state index is 11.0. The largest absolute Gasteiger partial charge is 0.491 e. The normalized spacial score (nSPS) is 27.2. The first-order valence-electron chi connectivity index (χ1n) is 6.73. The van der Waals surface area contributed by atoms with Crippen molar-refractivity contribution in [1.29, 1.82) is 0 Å². The Balaban J connectivity index is 2.22. The van der Waals surface area contributed by atoms with Gasteiger partial charge in [-0.2, -0.15) is 11.8 Å². The zero-order valence-electron chi connectivity index (χ0n) is 11.6. The predicted molar refractivity (Wildman–Crippen MR) is 78.9 cm³/mol. The molecular weight excluding hydrogens is 260 g/mol. The molecule has 2 atom stereocenters. The van der Waals surface area contributed by atoms with Crippen LogP contribution in [0.2, 0.25) is 0 Å². The molecule has 2 unspecified atom stereocenters. The standard InChI is InChI=1S/C15H22O3S/c1-12-15(16,8-5-11-19-12)13-6-3-4-7-14(13)18-10-9-17-2/h3-4,6-7,12,16H,5,8-11H2,1-2H3. The summed E-state index contributed by atoms with van der Waals surface area (Å²) in [7, 11) is 1.66. The maximum Gasteiger partial charge on any atom is 0.125 e. The number of hydrogen-bond acceptors (Lipinski definition) is 4. The summed E-state index contributed by atoms with van der Waals surface area (Å²) in [5, 5.41) is 11.2. The molecule has 1 aliphatic heterocycles. The summed E-state index contributed by atoms with van der Waals surface area (Å²) < 4.78 is 10.8. The van der Waals surface area contributed by atoms with Crippen molar-refractivity contribution in [3.8, 4) is 5.75 Å². The predicted octanol–water partition coefficient (Wildman–Crippen LogP) is 2.81. The van der Waals surface area contributed by atoms with Crippen LogP contribution >= 0.6 is 11.8 Å². The van der Waals surface area contributed by atoms with E-state index in [1.807, 2.05) is 36.0 Å². The molecule has 19 heavy (non-hydrogen) atoms. The molecule has 1 aromatic rings. The second-order valence-corrected chi connectivity index (χ2v) is 6.33. The molecule has 1 aromatic carbocycles. The molecule has 2 rings (SSSR count). The zero-order valence-corrected chi connectivity index (χ0v) is 12.4. The van der Waals surface area contributed by atoms with Crippen LogP contribution in [-0.2, 0) is 10.3 Å². The number of hydrogen-bond donors (Lipinski definition) is 1. The number of methoxy groups -OCH3 is 1. The first kappa shape index (κ1) is 14.7. The van der Waals surface area contributed by atoms with Gasteiger partial charge in [0.15, 0.2) is 0 Å². The molecule has 4 heteroatoms. The van der Waals surface area contributed by atoms with E-state index >= 15 is 0 Å². The Bertz CT molecular complexity index is 410. The number of aliphatic hydroxyl groups is 1. The van der Waals surface area contributed by atoms with Gasteiger partial charge in [-0.05, 0) is 24.7 Å². The summed E-state index contributed by atoms with van der Waals surface area (Å²) in [5.74, 6) is 1.90. The minimum atomic E-state index is -0.785. The summed E-state index contributed by atoms with van der Waals surface area (Å²) >= 11 is 1.83. The summed E-state index contributed by atoms with van der Waals surface area (Å²) in [4.78, 5) is 0. The van der Waals surface area contributed by atoms with Crippen LogP contribution in [0.4, 0.5) is 0 Å². The number of rotatable bonds is 5. The van der Waals surface area contributed by atoms with Crippen LogP contribution in [-0.4, -0.2) is 36.4 Å². The number of benzene rings is 1. The summed E-state index contributed by atoms with van der Waals surface area (Å²) in [6, 6.07) is 7.80. The topological polar surface area (TPSA) is 38.7 Å². The second-order valence-electron chi connectivity index (χ2n) is 4.88. The Morgan fingerprint density at radius 3 is 2.89 bits per heavy atom. The van der Waals surface area contributed by atoms with Crippen molar-refractivity contribution in [2.75, 3.05) is 26.1 Å². The third-order valence-electron chi connectivity index (χ3n) is 3.64. The average Bonchev–Trinajstić information content (AvgIpc) is 2.43. The Morgan fingerprint density at radius 1 is 1.37 bits per heavy atom. The fraction of sp³-hybridized carbons (Fsp3) is 0.600. The van der Waals surface area contributed by atoms with E-state index in [9.17, 15) is 5.11 Å². The van der Waals surface area contributed by atoms with E-state index in [-0.39, 0.29) is 5.25 Å². The molecule has 0 aliphatic carbocycles. The lowest BCUT2D eigenvalue weighted by Crippen LogP contribution is -2.39. The Morgan fingerprint density at radius 2 is 2.16 bits per heavy atom. The molecule has 1 heterocycles. The minimum Gasteiger partial charge on any atom is -0.491 e. The summed E-state index contributed by atoms with van der Waals surface area (Å²) in [5.41, 5.74) is 0.123. The highest BCUT2D eigenvalue weighted by atomic mass is 32.2. The van der Waals surface area contributed by atoms with Crippen LogP contribution in [0.1, 0.15) is 25.3 Å². The van der Waals surface area contributed by atoms with E-state index in [1.54, 1.807) is 7.11 Å². The van der Waals surface area contributed by atoms with Crippen LogP contribution in [0.25, 0.3) is 0 Å². The molecule has 0 bridgehead atoms. The Hall–Kier alpha value is -0.710. The van der Waals surface area contributed by atoms with Gasteiger partial charge in [0.1, 0.15) is 18.0 Å². The molecule has 3 nitrogen and oxygen atoms in total. The highest BCUT2D eigenvalue weighted by Gasteiger charge is 2.40. The fourth-order valence-corrected chi connectivity index (χ4v) is 3.67. The fourth-order valence-electron chi connectivity index (χ4n) is 2.48. The Labute approximate surface area is 119 Å². The van der Waals surface area contributed by atoms with E-state index in [4.69, 9.17) is 9.47 Å². The average molecular weight is 282 g/mol. The lowest BCUT2D eigenvalue weighted by Gasteiger charge is -2.38. The quantitative estimate of drug-likeness (QED) is 0.843. The maximum atomic E-state index is 11.0. The van der Waals surface area contributed by atoms with Crippen molar-refractivity contribution in [2.24, 2.45) is 0 Å². The van der Waals surface area contributed by atoms with Crippen molar-refractivity contribution in [2.45, 2.75) is 30.6 Å². The number of ether oxygens (including phenoxy) is 2. The van der Waals surface area contributed by atoms with Gasteiger partial charge in [0.25, 0.3) is 0 Å². The van der Waals surface area contributed by atoms with Crippen molar-refractivity contribution in [3.05, 3.63) is 29.8 Å². The number of thioether (sulfide) groups is 1. The molecule has 0 amide bonds. The van der Waals surface area contributed by atoms with Gasteiger partial charge in [-0.1, -0.05) is 25.1 Å². The second kappa shape index (κ2) is 6.64. The van der Waals surface area contributed by atoms with Crippen LogP contribution in [0.15, 0.2) is 24.3 Å². The molecule has 1 aliphatic rings. The summed E-state index contributed by atoms with van der Waals surface area (Å²) in [6.07, 6.45) is 1.84. The third-order valence-corrected chi connectivity index (χ3v) is 5.06. The van der Waals surface area contributed by atoms with Gasteiger partial charge in [-0.15, -0.1) is 0 Å². The highest BCUT2D eigenvalue weighted by molar-refractivity contribution is 8.00. The molecule has 0 saturated carbocycles. The van der Waals surface area contributed by atoms with Gasteiger partial charge >= 0.3 is 0 Å². The van der Waals surface area contributed by atoms with E-state index in [1.165, 1.54) is 0 Å². The van der Waals surface area contributed by atoms with Gasteiger partial charge in [0.2, 0.25) is 0 Å². The van der Waals surface area contributed by atoms with Crippen LogP contribution in [0.5, 0.6) is 5.75 Å². The van der Waals surface area contributed by atoms with Gasteiger partial charge in [-0.3, -0.25) is 0 Å². The smallest absolute Gasteiger partial charge is 0.125 e. The van der Waals surface area contributed by atoms with E-state index in [0.29, 0.717) is 13.2 Å². The van der Waals surface area contributed by atoms with Gasteiger partial charge < -0.3 is 14.6 Å². The summed E-state index contributed by atoms with van der Waals surface area (Å²) in [6.45, 7) is 3.15. The third kappa shape index (κ3) is 3.25. The van der Waals surface area contributed by atoms with E-state index < -0.39 is 5.60 Å². The van der Waals surface area contributed by atoms with Gasteiger partial charge in [0, 0.05) is 17.9 Å². The van der Waals surface area contributed by atoms with Gasteiger partial charge in [-0.25, -0.2) is 0 Å². The minimum absolute atomic E-state index is 0.188. The lowest BCUT2D eigenvalue weighted by molar-refractivity contribution is 0.0219. The van der Waals surface area contributed by atoms with Gasteiger partial charge in [0.05, 0.1) is 6.61 Å². The zero-order chi connectivity index (χ0) is 13.7. The first-order valence-corrected chi connectivity index (χ1v) is 7.78. The Kier molecular flexibility index (Phi) is 5.13. The van der Waals surface area contributed by atoms with Crippen molar-refractivity contribution in [1.82, 2.24) is 0 Å². The molecular formula is C15H22O3S. The van der Waals surface area contributed by atoms with Crippen LogP contribution in [0, 0.1) is 0 Å². The van der Waals surface area contributed by atoms with Crippen LogP contribution in [0.3, 0.4) is 0 Å². The first-order chi connectivity index (χ1) is 9.18. The van der Waals surface area contributed by atoms with Crippen molar-refractivity contribution >= 4 is 11.8 Å². The lowest BCUT2D eigenvalue weighted by atomic mass is 9.85. The monoisotopic (exact) mass is 282 g/mol. The number of para-hydroxylation sites is 1.